The first-order valence-electron chi connectivity index (χ1n) is 9.20. The summed E-state index contributed by atoms with van der Waals surface area (Å²) in [6.45, 7) is -0.698. The van der Waals surface area contributed by atoms with E-state index in [0.29, 0.717) is 21.5 Å². The van der Waals surface area contributed by atoms with Crippen LogP contribution in [0, 0.1) is 0 Å². The van der Waals surface area contributed by atoms with E-state index in [4.69, 9.17) is 16.6 Å². The number of nitrogens with zero attached hydrogens (tertiary/aromatic N) is 5. The molecule has 5 rings (SSSR count). The molecule has 0 bridgehead atoms. The van der Waals surface area contributed by atoms with Gasteiger partial charge in [-0.1, -0.05) is 18.0 Å². The Morgan fingerprint density at radius 1 is 1.11 bits per heavy atom. The molecule has 1 fully saturated rings. The van der Waals surface area contributed by atoms with Gasteiger partial charge in [0.1, 0.15) is 5.82 Å². The molecule has 0 unspecified atom stereocenters. The highest BCUT2D eigenvalue weighted by Crippen LogP contribution is 2.46. The number of thiophene rings is 1. The van der Waals surface area contributed by atoms with Crippen molar-refractivity contribution in [3.63, 3.8) is 0 Å². The third kappa shape index (κ3) is 3.06. The van der Waals surface area contributed by atoms with Crippen LogP contribution in [0.1, 0.15) is 30.5 Å². The second kappa shape index (κ2) is 6.73. The average molecular weight is 423 g/mol. The Kier molecular flexibility index (Phi) is 4.31. The van der Waals surface area contributed by atoms with E-state index in [1.807, 2.05) is 12.1 Å². The molecular formula is C18H17ClF2N6S. The second-order valence-electron chi connectivity index (χ2n) is 7.24. The molecule has 4 heterocycles. The first-order chi connectivity index (χ1) is 13.5. The molecule has 0 atom stereocenters. The van der Waals surface area contributed by atoms with Gasteiger partial charge < -0.3 is 4.90 Å². The van der Waals surface area contributed by atoms with Gasteiger partial charge in [0.15, 0.2) is 5.82 Å². The van der Waals surface area contributed by atoms with Crippen LogP contribution in [0.5, 0.6) is 0 Å². The maximum Gasteiger partial charge on any atom is 0.282 e. The van der Waals surface area contributed by atoms with E-state index < -0.39 is 5.92 Å². The maximum atomic E-state index is 13.6. The number of anilines is 1. The third-order valence-corrected chi connectivity index (χ3v) is 6.50. The molecule has 10 heteroatoms. The average Bonchev–Trinajstić information content (AvgIpc) is 3.25. The molecule has 3 aromatic rings. The summed E-state index contributed by atoms with van der Waals surface area (Å²) in [5.74, 6) is -1.74. The van der Waals surface area contributed by atoms with E-state index in [-0.39, 0.29) is 13.1 Å². The van der Waals surface area contributed by atoms with Gasteiger partial charge in [0, 0.05) is 16.1 Å². The Balaban J connectivity index is 1.79. The molecule has 1 aliphatic heterocycles. The van der Waals surface area contributed by atoms with Gasteiger partial charge in [-0.3, -0.25) is 0 Å². The minimum atomic E-state index is -2.70. The lowest BCUT2D eigenvalue weighted by Gasteiger charge is -2.41. The Morgan fingerprint density at radius 3 is 2.61 bits per heavy atom. The smallest absolute Gasteiger partial charge is 0.282 e. The second-order valence-corrected chi connectivity index (χ2v) is 8.95. The number of tetrazole rings is 1. The number of H-pyrrole nitrogens is 1. The van der Waals surface area contributed by atoms with E-state index in [1.165, 1.54) is 11.3 Å². The summed E-state index contributed by atoms with van der Waals surface area (Å²) in [6, 6.07) is 3.82. The van der Waals surface area contributed by atoms with Gasteiger partial charge in [0.2, 0.25) is 0 Å². The number of alkyl halides is 2. The summed E-state index contributed by atoms with van der Waals surface area (Å²) < 4.78 is 28.0. The fourth-order valence-corrected chi connectivity index (χ4v) is 5.13. The van der Waals surface area contributed by atoms with Crippen molar-refractivity contribution in [1.29, 1.82) is 0 Å². The highest BCUT2D eigenvalue weighted by atomic mass is 35.5. The molecule has 2 aliphatic rings. The largest absolute Gasteiger partial charge is 0.344 e. The van der Waals surface area contributed by atoms with Crippen LogP contribution in [0.25, 0.3) is 21.8 Å². The molecule has 1 N–H and O–H groups in total. The number of hydrogen-bond acceptors (Lipinski definition) is 6. The van der Waals surface area contributed by atoms with Crippen molar-refractivity contribution in [3.05, 3.63) is 27.7 Å². The predicted molar refractivity (Wildman–Crippen MR) is 104 cm³/mol. The molecule has 0 amide bonds. The normalized spacial score (nSPS) is 18.5. The van der Waals surface area contributed by atoms with Gasteiger partial charge in [0.05, 0.1) is 23.0 Å². The predicted octanol–water partition coefficient (Wildman–Crippen LogP) is 4.37. The van der Waals surface area contributed by atoms with Crippen LogP contribution in [0.4, 0.5) is 14.6 Å². The van der Waals surface area contributed by atoms with Crippen LogP contribution < -0.4 is 4.90 Å². The highest BCUT2D eigenvalue weighted by Gasteiger charge is 2.46. The van der Waals surface area contributed by atoms with Gasteiger partial charge in [-0.15, -0.1) is 16.4 Å². The van der Waals surface area contributed by atoms with Gasteiger partial charge in [-0.05, 0) is 53.8 Å². The number of rotatable bonds is 3. The van der Waals surface area contributed by atoms with Crippen LogP contribution in [-0.4, -0.2) is 44.6 Å². The van der Waals surface area contributed by atoms with Crippen LogP contribution in [0.2, 0.25) is 4.34 Å². The van der Waals surface area contributed by atoms with Crippen molar-refractivity contribution in [1.82, 2.24) is 25.6 Å². The van der Waals surface area contributed by atoms with Gasteiger partial charge in [-0.25, -0.2) is 18.9 Å². The van der Waals surface area contributed by atoms with Crippen molar-refractivity contribution in [2.24, 2.45) is 0 Å². The van der Waals surface area contributed by atoms with Crippen molar-refractivity contribution < 1.29 is 8.78 Å². The van der Waals surface area contributed by atoms with Gasteiger partial charge >= 0.3 is 0 Å². The molecule has 6 nitrogen and oxygen atoms in total. The number of nitrogens with one attached hydrogen (secondary N) is 1. The zero-order valence-electron chi connectivity index (χ0n) is 14.9. The molecule has 0 spiro atoms. The summed E-state index contributed by atoms with van der Waals surface area (Å²) in [5.41, 5.74) is 3.78. The quantitative estimate of drug-likeness (QED) is 0.635. The lowest BCUT2D eigenvalue weighted by atomic mass is 9.94. The van der Waals surface area contributed by atoms with Crippen LogP contribution in [0.15, 0.2) is 12.1 Å². The molecule has 1 saturated heterocycles. The van der Waals surface area contributed by atoms with Gasteiger partial charge in [0.25, 0.3) is 5.92 Å². The summed E-state index contributed by atoms with van der Waals surface area (Å²) in [5, 5.41) is 14.3. The van der Waals surface area contributed by atoms with Crippen LogP contribution in [0.3, 0.4) is 0 Å². The fourth-order valence-electron chi connectivity index (χ4n) is 4.01. The van der Waals surface area contributed by atoms with Crippen LogP contribution in [-0.2, 0) is 12.8 Å². The number of hydrogen-bond donors (Lipinski definition) is 1. The van der Waals surface area contributed by atoms with Crippen LogP contribution >= 0.6 is 22.9 Å². The Labute approximate surface area is 168 Å². The Morgan fingerprint density at radius 2 is 1.93 bits per heavy atom. The van der Waals surface area contributed by atoms with Crippen molar-refractivity contribution in [2.45, 2.75) is 38.0 Å². The van der Waals surface area contributed by atoms with E-state index >= 15 is 0 Å². The minimum Gasteiger partial charge on any atom is -0.344 e. The number of aromatic nitrogens is 5. The van der Waals surface area contributed by atoms with E-state index in [1.54, 1.807) is 4.90 Å². The summed E-state index contributed by atoms with van der Waals surface area (Å²) in [6.07, 6.45) is 4.96. The zero-order valence-corrected chi connectivity index (χ0v) is 16.5. The minimum absolute atomic E-state index is 0.349. The molecule has 3 aromatic heterocycles. The number of aryl methyl sites for hydroxylation is 1. The Hall–Kier alpha value is -2.13. The first kappa shape index (κ1) is 17.9. The van der Waals surface area contributed by atoms with Crippen molar-refractivity contribution in [2.75, 3.05) is 18.0 Å². The lowest BCUT2D eigenvalue weighted by Crippen LogP contribution is -2.57. The third-order valence-electron chi connectivity index (χ3n) is 5.25. The summed E-state index contributed by atoms with van der Waals surface area (Å²) in [4.78, 5) is 7.45. The highest BCUT2D eigenvalue weighted by molar-refractivity contribution is 7.19. The number of halogens is 3. The molecule has 28 heavy (non-hydrogen) atoms. The molecule has 1 aliphatic carbocycles. The standard InChI is InChI=1S/C18H17ClF2N6S/c19-13-7-6-12(28-13)14-10-4-2-1-3-5-11(10)22-17(27-8-18(20,21)9-27)15(14)16-23-25-26-24-16/h6-7H,1-5,8-9H2,(H,23,24,25,26). The number of pyridine rings is 1. The van der Waals surface area contributed by atoms with Crippen molar-refractivity contribution >= 4 is 28.8 Å². The molecule has 0 saturated carbocycles. The SMILES string of the molecule is FC1(F)CN(c2nc3c(c(-c4ccc(Cl)s4)c2-c2nnn[nH]2)CCCCC3)C1. The molecular weight excluding hydrogens is 406 g/mol. The topological polar surface area (TPSA) is 70.6 Å². The first-order valence-corrected chi connectivity index (χ1v) is 10.4. The number of aromatic amines is 1. The maximum absolute atomic E-state index is 13.6. The number of fused-ring (bicyclic) bond motifs is 1. The zero-order chi connectivity index (χ0) is 19.3. The fraction of sp³-hybridized carbons (Fsp3) is 0.444. The van der Waals surface area contributed by atoms with E-state index in [9.17, 15) is 8.78 Å². The van der Waals surface area contributed by atoms with E-state index in [2.05, 4.69) is 20.6 Å². The molecule has 0 aromatic carbocycles. The monoisotopic (exact) mass is 422 g/mol. The molecule has 0 radical (unpaired) electrons. The summed E-state index contributed by atoms with van der Waals surface area (Å²) >= 11 is 7.69. The summed E-state index contributed by atoms with van der Waals surface area (Å²) in [7, 11) is 0. The van der Waals surface area contributed by atoms with Crippen molar-refractivity contribution in [3.8, 4) is 21.8 Å². The Bertz CT molecular complexity index is 1010. The lowest BCUT2D eigenvalue weighted by molar-refractivity contribution is -0.0266. The van der Waals surface area contributed by atoms with E-state index in [0.717, 1.165) is 53.8 Å². The molecule has 146 valence electrons. The van der Waals surface area contributed by atoms with Gasteiger partial charge in [-0.2, -0.15) is 0 Å².